The van der Waals surface area contributed by atoms with Crippen LogP contribution in [0.3, 0.4) is 0 Å². The van der Waals surface area contributed by atoms with Crippen molar-refractivity contribution in [2.24, 2.45) is 5.73 Å². The van der Waals surface area contributed by atoms with Gasteiger partial charge in [-0.1, -0.05) is 44.4 Å². The van der Waals surface area contributed by atoms with E-state index in [1.54, 1.807) is 12.2 Å². The summed E-state index contributed by atoms with van der Waals surface area (Å²) < 4.78 is 0. The second-order valence-electron chi connectivity index (χ2n) is 3.82. The van der Waals surface area contributed by atoms with Crippen LogP contribution in [0, 0.1) is 0 Å². The van der Waals surface area contributed by atoms with E-state index in [0.717, 1.165) is 12.0 Å². The van der Waals surface area contributed by atoms with Gasteiger partial charge < -0.3 is 5.73 Å². The van der Waals surface area contributed by atoms with Crippen molar-refractivity contribution in [1.82, 2.24) is 0 Å². The Morgan fingerprint density at radius 1 is 1.21 bits per heavy atom. The number of hydrogen-bond acceptors (Lipinski definition) is 1. The quantitative estimate of drug-likeness (QED) is 0.662. The summed E-state index contributed by atoms with van der Waals surface area (Å²) in [6, 6.07) is 0. The van der Waals surface area contributed by atoms with E-state index in [1.807, 2.05) is 26.0 Å². The van der Waals surface area contributed by atoms with Crippen LogP contribution >= 0.6 is 0 Å². The van der Waals surface area contributed by atoms with E-state index in [0.29, 0.717) is 0 Å². The zero-order valence-electron chi connectivity index (χ0n) is 9.51. The summed E-state index contributed by atoms with van der Waals surface area (Å²) in [5.74, 6) is 0. The van der Waals surface area contributed by atoms with E-state index in [1.165, 1.54) is 5.57 Å². The molecule has 1 nitrogen and oxygen atoms in total. The van der Waals surface area contributed by atoms with E-state index in [-0.39, 0.29) is 5.54 Å². The fourth-order valence-electron chi connectivity index (χ4n) is 1.39. The summed E-state index contributed by atoms with van der Waals surface area (Å²) in [5, 5.41) is 0. The van der Waals surface area contributed by atoms with Crippen LogP contribution in [-0.4, -0.2) is 5.54 Å². The third kappa shape index (κ3) is 3.75. The van der Waals surface area contributed by atoms with Crippen LogP contribution in [0.25, 0.3) is 0 Å². The molecule has 0 saturated heterocycles. The van der Waals surface area contributed by atoms with Crippen molar-refractivity contribution in [2.75, 3.05) is 0 Å². The molecule has 0 heterocycles. The maximum Gasteiger partial charge on any atom is 0.0355 e. The van der Waals surface area contributed by atoms with Gasteiger partial charge in [-0.2, -0.15) is 0 Å². The lowest BCUT2D eigenvalue weighted by molar-refractivity contribution is 0.613. The first-order chi connectivity index (χ1) is 6.47. The minimum absolute atomic E-state index is 0.334. The van der Waals surface area contributed by atoms with Gasteiger partial charge in [0.05, 0.1) is 0 Å². The summed E-state index contributed by atoms with van der Waals surface area (Å²) in [6.45, 7) is 13.5. The van der Waals surface area contributed by atoms with Gasteiger partial charge in [0.1, 0.15) is 0 Å². The molecular weight excluding hydrogens is 170 g/mol. The molecule has 0 spiro atoms. The van der Waals surface area contributed by atoms with Gasteiger partial charge >= 0.3 is 0 Å². The lowest BCUT2D eigenvalue weighted by Gasteiger charge is -2.24. The standard InChI is InChI=1S/C13H21N/c1-6-9-11(8-3)12(10-7-2)13(4,5)14/h6-7,9-10H,1-2,8,14H2,3-5H3/b11-9+,12-10-. The second-order valence-corrected chi connectivity index (χ2v) is 3.82. The third-order valence-corrected chi connectivity index (χ3v) is 2.02. The monoisotopic (exact) mass is 191 g/mol. The van der Waals surface area contributed by atoms with Gasteiger partial charge in [0, 0.05) is 5.54 Å². The molecule has 2 N–H and O–H groups in total. The molecular formula is C13H21N. The van der Waals surface area contributed by atoms with Crippen LogP contribution in [0.5, 0.6) is 0 Å². The van der Waals surface area contributed by atoms with E-state index in [4.69, 9.17) is 5.73 Å². The lowest BCUT2D eigenvalue weighted by Crippen LogP contribution is -2.35. The summed E-state index contributed by atoms with van der Waals surface area (Å²) in [4.78, 5) is 0. The van der Waals surface area contributed by atoms with Gasteiger partial charge in [0.2, 0.25) is 0 Å². The highest BCUT2D eigenvalue weighted by Gasteiger charge is 2.18. The average molecular weight is 191 g/mol. The van der Waals surface area contributed by atoms with Crippen molar-refractivity contribution in [3.8, 4) is 0 Å². The van der Waals surface area contributed by atoms with E-state index in [2.05, 4.69) is 20.1 Å². The summed E-state index contributed by atoms with van der Waals surface area (Å²) >= 11 is 0. The topological polar surface area (TPSA) is 26.0 Å². The number of rotatable bonds is 5. The van der Waals surface area contributed by atoms with Gasteiger partial charge in [-0.05, 0) is 31.4 Å². The molecule has 0 rings (SSSR count). The first-order valence-corrected chi connectivity index (χ1v) is 4.91. The summed E-state index contributed by atoms with van der Waals surface area (Å²) in [5.41, 5.74) is 8.08. The fourth-order valence-corrected chi connectivity index (χ4v) is 1.39. The Hall–Kier alpha value is -1.08. The molecule has 0 aromatic rings. The van der Waals surface area contributed by atoms with Crippen LogP contribution in [0.2, 0.25) is 0 Å². The van der Waals surface area contributed by atoms with E-state index < -0.39 is 0 Å². The Morgan fingerprint density at radius 3 is 2.00 bits per heavy atom. The van der Waals surface area contributed by atoms with Crippen molar-refractivity contribution in [3.63, 3.8) is 0 Å². The first kappa shape index (κ1) is 12.9. The minimum Gasteiger partial charge on any atom is -0.322 e. The second kappa shape index (κ2) is 5.61. The van der Waals surface area contributed by atoms with Crippen LogP contribution in [0.1, 0.15) is 27.2 Å². The molecule has 0 unspecified atom stereocenters. The predicted octanol–water partition coefficient (Wildman–Crippen LogP) is 3.36. The zero-order valence-corrected chi connectivity index (χ0v) is 9.51. The molecule has 0 fully saturated rings. The Bertz CT molecular complexity index is 261. The molecule has 0 bridgehead atoms. The normalized spacial score (nSPS) is 14.0. The van der Waals surface area contributed by atoms with Crippen molar-refractivity contribution >= 4 is 0 Å². The fraction of sp³-hybridized carbons (Fsp3) is 0.385. The molecule has 0 aliphatic carbocycles. The minimum atomic E-state index is -0.334. The molecule has 0 aromatic heterocycles. The average Bonchev–Trinajstić information content (AvgIpc) is 2.09. The van der Waals surface area contributed by atoms with E-state index >= 15 is 0 Å². The number of allylic oxidation sites excluding steroid dienone is 4. The Kier molecular flexibility index (Phi) is 5.18. The smallest absolute Gasteiger partial charge is 0.0355 e. The van der Waals surface area contributed by atoms with Crippen molar-refractivity contribution in [3.05, 3.63) is 48.6 Å². The molecule has 0 aliphatic rings. The van der Waals surface area contributed by atoms with Gasteiger partial charge in [-0.15, -0.1) is 0 Å². The Labute approximate surface area is 87.7 Å². The maximum atomic E-state index is 6.08. The van der Waals surface area contributed by atoms with Crippen molar-refractivity contribution in [1.29, 1.82) is 0 Å². The predicted molar refractivity (Wildman–Crippen MR) is 65.1 cm³/mol. The Morgan fingerprint density at radius 2 is 1.71 bits per heavy atom. The molecule has 0 aliphatic heterocycles. The van der Waals surface area contributed by atoms with Gasteiger partial charge in [0.15, 0.2) is 0 Å². The summed E-state index contributed by atoms with van der Waals surface area (Å²) in [7, 11) is 0. The molecule has 0 amide bonds. The molecule has 0 radical (unpaired) electrons. The largest absolute Gasteiger partial charge is 0.322 e. The lowest BCUT2D eigenvalue weighted by atomic mass is 9.87. The molecule has 78 valence electrons. The zero-order chi connectivity index (χ0) is 11.2. The third-order valence-electron chi connectivity index (χ3n) is 2.02. The molecule has 0 aromatic carbocycles. The van der Waals surface area contributed by atoms with Crippen LogP contribution in [0.4, 0.5) is 0 Å². The highest BCUT2D eigenvalue weighted by molar-refractivity contribution is 5.41. The van der Waals surface area contributed by atoms with Crippen LogP contribution in [-0.2, 0) is 0 Å². The highest BCUT2D eigenvalue weighted by Crippen LogP contribution is 2.24. The maximum absolute atomic E-state index is 6.08. The SMILES string of the molecule is C=C/C=C(/C(=C/C=C)CC)C(C)(C)N. The van der Waals surface area contributed by atoms with Crippen LogP contribution < -0.4 is 5.73 Å². The first-order valence-electron chi connectivity index (χ1n) is 4.91. The number of hydrogen-bond donors (Lipinski definition) is 1. The van der Waals surface area contributed by atoms with Crippen molar-refractivity contribution in [2.45, 2.75) is 32.7 Å². The summed E-state index contributed by atoms with van der Waals surface area (Å²) in [6.07, 6.45) is 8.49. The van der Waals surface area contributed by atoms with Gasteiger partial charge in [-0.3, -0.25) is 0 Å². The van der Waals surface area contributed by atoms with Gasteiger partial charge in [-0.25, -0.2) is 0 Å². The van der Waals surface area contributed by atoms with Gasteiger partial charge in [0.25, 0.3) is 0 Å². The van der Waals surface area contributed by atoms with Crippen molar-refractivity contribution < 1.29 is 0 Å². The Balaban J connectivity index is 5.20. The molecule has 0 saturated carbocycles. The van der Waals surface area contributed by atoms with E-state index in [9.17, 15) is 0 Å². The van der Waals surface area contributed by atoms with Crippen LogP contribution in [0.15, 0.2) is 48.6 Å². The molecule has 14 heavy (non-hydrogen) atoms. The molecule has 0 atom stereocenters. The highest BCUT2D eigenvalue weighted by atomic mass is 14.7. The molecule has 1 heteroatoms. The number of nitrogens with two attached hydrogens (primary N) is 1.